The molecule has 0 aromatic carbocycles. The zero-order valence-electron chi connectivity index (χ0n) is 19.3. The summed E-state index contributed by atoms with van der Waals surface area (Å²) < 4.78 is 6.79. The van der Waals surface area contributed by atoms with Gasteiger partial charge in [-0.3, -0.25) is 4.79 Å². The maximum Gasteiger partial charge on any atom is 0.192 e. The largest absolute Gasteiger partial charge is 0.412 e. The maximum absolute atomic E-state index is 12.4. The standard InChI is InChI=1S/C24H46O2Si/c1-8-27(9-2,10-3)26-23(5,6)17-11-13-19(4)20-15-16-21-22(25)14-12-18-24(20,21)7/h19-21H,8-18H2,1-7H3/t19-,20?,21?,24?/m1/s1. The van der Waals surface area contributed by atoms with Gasteiger partial charge in [-0.15, -0.1) is 0 Å². The summed E-state index contributed by atoms with van der Waals surface area (Å²) in [6.45, 7) is 16.5. The van der Waals surface area contributed by atoms with E-state index in [0.29, 0.717) is 11.7 Å². The predicted octanol–water partition coefficient (Wildman–Crippen LogP) is 7.38. The molecule has 2 nitrogen and oxygen atoms in total. The highest BCUT2D eigenvalue weighted by atomic mass is 28.4. The number of carbonyl (C=O) groups is 1. The summed E-state index contributed by atoms with van der Waals surface area (Å²) in [5.41, 5.74) is 0.298. The molecule has 0 spiro atoms. The monoisotopic (exact) mass is 394 g/mol. The smallest absolute Gasteiger partial charge is 0.192 e. The lowest BCUT2D eigenvalue weighted by Crippen LogP contribution is -2.44. The summed E-state index contributed by atoms with van der Waals surface area (Å²) in [7, 11) is -1.54. The Hall–Kier alpha value is -0.153. The van der Waals surface area contributed by atoms with Gasteiger partial charge in [0.2, 0.25) is 0 Å². The molecule has 27 heavy (non-hydrogen) atoms. The van der Waals surface area contributed by atoms with E-state index in [1.54, 1.807) is 0 Å². The second-order valence-corrected chi connectivity index (χ2v) is 15.2. The normalized spacial score (nSPS) is 30.4. The third kappa shape index (κ3) is 5.07. The van der Waals surface area contributed by atoms with Gasteiger partial charge in [-0.25, -0.2) is 0 Å². The van der Waals surface area contributed by atoms with Gasteiger partial charge in [0.25, 0.3) is 0 Å². The molecule has 2 aliphatic rings. The maximum atomic E-state index is 12.4. The zero-order chi connectivity index (χ0) is 20.3. The van der Waals surface area contributed by atoms with Crippen LogP contribution >= 0.6 is 0 Å². The van der Waals surface area contributed by atoms with Crippen LogP contribution in [0.2, 0.25) is 18.1 Å². The van der Waals surface area contributed by atoms with E-state index in [4.69, 9.17) is 4.43 Å². The SMILES string of the molecule is CC[Si](CC)(CC)OC(C)(C)CCC[C@@H](C)C1CCC2C(=O)CCCC21C. The molecule has 0 bridgehead atoms. The number of Topliss-reactive ketones (excluding diaryl/α,β-unsaturated/α-hetero) is 1. The topological polar surface area (TPSA) is 26.3 Å². The first-order valence-electron chi connectivity index (χ1n) is 11.9. The van der Waals surface area contributed by atoms with Crippen molar-refractivity contribution < 1.29 is 9.22 Å². The molecule has 158 valence electrons. The summed E-state index contributed by atoms with van der Waals surface area (Å²) in [6.07, 6.45) is 9.34. The quantitative estimate of drug-likeness (QED) is 0.361. The van der Waals surface area contributed by atoms with E-state index in [0.717, 1.165) is 37.5 Å². The van der Waals surface area contributed by atoms with E-state index < -0.39 is 8.32 Å². The van der Waals surface area contributed by atoms with Crippen molar-refractivity contribution >= 4 is 14.1 Å². The molecule has 0 aromatic rings. The van der Waals surface area contributed by atoms with Crippen LogP contribution in [0.15, 0.2) is 0 Å². The Morgan fingerprint density at radius 2 is 1.81 bits per heavy atom. The van der Waals surface area contributed by atoms with Crippen LogP contribution in [-0.4, -0.2) is 19.7 Å². The van der Waals surface area contributed by atoms with Crippen LogP contribution in [0.5, 0.6) is 0 Å². The van der Waals surface area contributed by atoms with Crippen LogP contribution in [-0.2, 0) is 9.22 Å². The third-order valence-corrected chi connectivity index (χ3v) is 13.3. The lowest BCUT2D eigenvalue weighted by atomic mass is 9.62. The Morgan fingerprint density at radius 1 is 1.19 bits per heavy atom. The Bertz CT molecular complexity index is 488. The van der Waals surface area contributed by atoms with Crippen molar-refractivity contribution in [2.45, 2.75) is 124 Å². The van der Waals surface area contributed by atoms with E-state index in [1.165, 1.54) is 43.8 Å². The van der Waals surface area contributed by atoms with Crippen LogP contribution in [0, 0.1) is 23.2 Å². The minimum absolute atomic E-state index is 0.0108. The van der Waals surface area contributed by atoms with Crippen molar-refractivity contribution in [3.8, 4) is 0 Å². The molecule has 2 aliphatic carbocycles. The van der Waals surface area contributed by atoms with E-state index in [-0.39, 0.29) is 11.0 Å². The molecule has 0 amide bonds. The van der Waals surface area contributed by atoms with Crippen LogP contribution < -0.4 is 0 Å². The zero-order valence-corrected chi connectivity index (χ0v) is 20.3. The van der Waals surface area contributed by atoms with Crippen molar-refractivity contribution in [2.75, 3.05) is 0 Å². The van der Waals surface area contributed by atoms with Gasteiger partial charge in [0.05, 0.1) is 5.60 Å². The number of ketones is 1. The molecule has 0 N–H and O–H groups in total. The number of hydrogen-bond donors (Lipinski definition) is 0. The van der Waals surface area contributed by atoms with Crippen molar-refractivity contribution in [2.24, 2.45) is 23.2 Å². The van der Waals surface area contributed by atoms with Gasteiger partial charge < -0.3 is 4.43 Å². The summed E-state index contributed by atoms with van der Waals surface area (Å²) in [5, 5.41) is 0. The Labute approximate surface area is 170 Å². The number of carbonyl (C=O) groups excluding carboxylic acids is 1. The van der Waals surface area contributed by atoms with Crippen molar-refractivity contribution in [3.63, 3.8) is 0 Å². The lowest BCUT2D eigenvalue weighted by Gasteiger charge is -2.42. The molecule has 0 radical (unpaired) electrons. The molecule has 2 saturated carbocycles. The molecule has 2 fully saturated rings. The minimum atomic E-state index is -1.54. The Morgan fingerprint density at radius 3 is 2.41 bits per heavy atom. The third-order valence-electron chi connectivity index (χ3n) is 8.49. The fourth-order valence-electron chi connectivity index (χ4n) is 6.56. The summed E-state index contributed by atoms with van der Waals surface area (Å²) in [4.78, 5) is 12.4. The molecular formula is C24H46O2Si. The van der Waals surface area contributed by atoms with Gasteiger partial charge >= 0.3 is 0 Å². The fourth-order valence-corrected chi connectivity index (χ4v) is 9.77. The van der Waals surface area contributed by atoms with Gasteiger partial charge in [-0.05, 0) is 81.3 Å². The van der Waals surface area contributed by atoms with Crippen molar-refractivity contribution in [1.82, 2.24) is 0 Å². The minimum Gasteiger partial charge on any atom is -0.412 e. The summed E-state index contributed by atoms with van der Waals surface area (Å²) in [5.74, 6) is 2.40. The van der Waals surface area contributed by atoms with E-state index >= 15 is 0 Å². The average molecular weight is 395 g/mol. The first-order chi connectivity index (χ1) is 12.6. The lowest BCUT2D eigenvalue weighted by molar-refractivity contribution is -0.130. The van der Waals surface area contributed by atoms with Crippen LogP contribution in [0.4, 0.5) is 0 Å². The highest BCUT2D eigenvalue weighted by Gasteiger charge is 2.52. The Kier molecular flexibility index (Phi) is 7.81. The van der Waals surface area contributed by atoms with Gasteiger partial charge in [-0.2, -0.15) is 0 Å². The molecule has 0 aromatic heterocycles. The van der Waals surface area contributed by atoms with Crippen LogP contribution in [0.25, 0.3) is 0 Å². The highest BCUT2D eigenvalue weighted by molar-refractivity contribution is 6.73. The van der Waals surface area contributed by atoms with Gasteiger partial charge in [0, 0.05) is 12.3 Å². The molecule has 3 unspecified atom stereocenters. The van der Waals surface area contributed by atoms with Crippen LogP contribution in [0.1, 0.15) is 99.8 Å². The Balaban J connectivity index is 1.88. The molecule has 0 aliphatic heterocycles. The molecule has 3 heteroatoms. The van der Waals surface area contributed by atoms with E-state index in [2.05, 4.69) is 48.5 Å². The first-order valence-corrected chi connectivity index (χ1v) is 14.4. The highest BCUT2D eigenvalue weighted by Crippen LogP contribution is 2.57. The predicted molar refractivity (Wildman–Crippen MR) is 119 cm³/mol. The number of rotatable bonds is 10. The van der Waals surface area contributed by atoms with Crippen molar-refractivity contribution in [3.05, 3.63) is 0 Å². The molecule has 0 saturated heterocycles. The molecule has 4 atom stereocenters. The van der Waals surface area contributed by atoms with Gasteiger partial charge in [0.15, 0.2) is 8.32 Å². The van der Waals surface area contributed by atoms with Crippen molar-refractivity contribution in [1.29, 1.82) is 0 Å². The van der Waals surface area contributed by atoms with E-state index in [9.17, 15) is 4.79 Å². The average Bonchev–Trinajstić information content (AvgIpc) is 2.98. The summed E-state index contributed by atoms with van der Waals surface area (Å²) in [6, 6.07) is 3.70. The van der Waals surface area contributed by atoms with Gasteiger partial charge in [-0.1, -0.05) is 47.5 Å². The number of hydrogen-bond acceptors (Lipinski definition) is 2. The summed E-state index contributed by atoms with van der Waals surface area (Å²) >= 11 is 0. The molecule has 0 heterocycles. The molecular weight excluding hydrogens is 348 g/mol. The first kappa shape index (κ1) is 23.1. The fraction of sp³-hybridized carbons (Fsp3) is 0.958. The van der Waals surface area contributed by atoms with Crippen LogP contribution in [0.3, 0.4) is 0 Å². The van der Waals surface area contributed by atoms with E-state index in [1.807, 2.05) is 0 Å². The molecule has 2 rings (SSSR count). The second kappa shape index (κ2) is 9.11. The second-order valence-electron chi connectivity index (χ2n) is 10.5. The number of fused-ring (bicyclic) bond motifs is 1. The van der Waals surface area contributed by atoms with Gasteiger partial charge in [0.1, 0.15) is 5.78 Å².